The van der Waals surface area contributed by atoms with Crippen molar-refractivity contribution < 1.29 is 4.39 Å². The highest BCUT2D eigenvalue weighted by Crippen LogP contribution is 2.27. The van der Waals surface area contributed by atoms with Gasteiger partial charge in [-0.15, -0.1) is 0 Å². The van der Waals surface area contributed by atoms with E-state index in [1.54, 1.807) is 0 Å². The summed E-state index contributed by atoms with van der Waals surface area (Å²) in [7, 11) is 0. The lowest BCUT2D eigenvalue weighted by atomic mass is 9.85. The number of unbranched alkanes of at least 4 members (excludes halogenated alkanes) is 1. The molecule has 3 heteroatoms. The summed E-state index contributed by atoms with van der Waals surface area (Å²) in [4.78, 5) is 2.47. The smallest absolute Gasteiger partial charge is 0.123 e. The molecule has 0 aromatic heterocycles. The van der Waals surface area contributed by atoms with Crippen molar-refractivity contribution in [2.75, 3.05) is 19.6 Å². The number of halogens is 1. The molecule has 1 atom stereocenters. The Morgan fingerprint density at radius 2 is 1.80 bits per heavy atom. The van der Waals surface area contributed by atoms with Crippen molar-refractivity contribution in [3.05, 3.63) is 35.6 Å². The highest BCUT2D eigenvalue weighted by atomic mass is 19.1. The summed E-state index contributed by atoms with van der Waals surface area (Å²) in [6.45, 7) is 5.36. The zero-order chi connectivity index (χ0) is 14.4. The molecule has 0 aliphatic carbocycles. The molecule has 0 saturated carbocycles. The first-order valence-electron chi connectivity index (χ1n) is 7.91. The van der Waals surface area contributed by atoms with Gasteiger partial charge in [-0.2, -0.15) is 0 Å². The van der Waals surface area contributed by atoms with Crippen molar-refractivity contribution in [2.24, 2.45) is 5.73 Å². The molecular weight excluding hydrogens is 251 g/mol. The molecule has 0 amide bonds. The summed E-state index contributed by atoms with van der Waals surface area (Å²) < 4.78 is 13.1. The van der Waals surface area contributed by atoms with Crippen molar-refractivity contribution in [1.82, 2.24) is 4.90 Å². The maximum Gasteiger partial charge on any atom is 0.123 e. The quantitative estimate of drug-likeness (QED) is 0.860. The molecular formula is C17H27FN2. The van der Waals surface area contributed by atoms with Crippen molar-refractivity contribution in [3.8, 4) is 0 Å². The second kappa shape index (κ2) is 7.19. The van der Waals surface area contributed by atoms with Gasteiger partial charge in [0.1, 0.15) is 5.82 Å². The molecule has 1 unspecified atom stereocenters. The van der Waals surface area contributed by atoms with Gasteiger partial charge in [0.05, 0.1) is 5.54 Å². The zero-order valence-corrected chi connectivity index (χ0v) is 12.6. The van der Waals surface area contributed by atoms with Crippen LogP contribution < -0.4 is 5.73 Å². The largest absolute Gasteiger partial charge is 0.320 e. The Morgan fingerprint density at radius 3 is 2.40 bits per heavy atom. The number of rotatable bonds is 6. The third-order valence-electron chi connectivity index (χ3n) is 4.35. The van der Waals surface area contributed by atoms with Crippen LogP contribution >= 0.6 is 0 Å². The highest BCUT2D eigenvalue weighted by molar-refractivity contribution is 5.25. The molecule has 1 fully saturated rings. The first kappa shape index (κ1) is 15.5. The zero-order valence-electron chi connectivity index (χ0n) is 12.6. The van der Waals surface area contributed by atoms with E-state index >= 15 is 0 Å². The van der Waals surface area contributed by atoms with Gasteiger partial charge in [-0.25, -0.2) is 4.39 Å². The van der Waals surface area contributed by atoms with Crippen molar-refractivity contribution in [2.45, 2.75) is 51.0 Å². The lowest BCUT2D eigenvalue weighted by Gasteiger charge is -2.37. The van der Waals surface area contributed by atoms with Crippen LogP contribution in [0.3, 0.4) is 0 Å². The van der Waals surface area contributed by atoms with Gasteiger partial charge in [-0.3, -0.25) is 0 Å². The Bertz CT molecular complexity index is 398. The van der Waals surface area contributed by atoms with Gasteiger partial charge < -0.3 is 10.6 Å². The Morgan fingerprint density at radius 1 is 1.15 bits per heavy atom. The number of likely N-dealkylation sites (tertiary alicyclic amines) is 1. The SMILES string of the molecule is CCCCC(N)(CN1CCCCC1)c1ccc(F)cc1. The maximum absolute atomic E-state index is 13.1. The van der Waals surface area contributed by atoms with Crippen LogP contribution in [0.15, 0.2) is 24.3 Å². The number of nitrogens with zero attached hydrogens (tertiary/aromatic N) is 1. The molecule has 2 nitrogen and oxygen atoms in total. The molecule has 1 aliphatic rings. The van der Waals surface area contributed by atoms with E-state index in [4.69, 9.17) is 5.73 Å². The van der Waals surface area contributed by atoms with Gasteiger partial charge in [0.2, 0.25) is 0 Å². The number of benzene rings is 1. The predicted molar refractivity (Wildman–Crippen MR) is 82.1 cm³/mol. The molecule has 1 aromatic rings. The summed E-state index contributed by atoms with van der Waals surface area (Å²) in [5.74, 6) is -0.190. The fraction of sp³-hybridized carbons (Fsp3) is 0.647. The van der Waals surface area contributed by atoms with Gasteiger partial charge in [0.25, 0.3) is 0 Å². The van der Waals surface area contributed by atoms with E-state index in [1.807, 2.05) is 12.1 Å². The second-order valence-electron chi connectivity index (χ2n) is 6.10. The van der Waals surface area contributed by atoms with Gasteiger partial charge >= 0.3 is 0 Å². The number of hydrogen-bond acceptors (Lipinski definition) is 2. The summed E-state index contributed by atoms with van der Waals surface area (Å²) >= 11 is 0. The molecule has 0 bridgehead atoms. The van der Waals surface area contributed by atoms with Crippen LogP contribution in [0.25, 0.3) is 0 Å². The van der Waals surface area contributed by atoms with Gasteiger partial charge in [0, 0.05) is 6.54 Å². The van der Waals surface area contributed by atoms with Crippen LogP contribution in [0.2, 0.25) is 0 Å². The number of nitrogens with two attached hydrogens (primary N) is 1. The fourth-order valence-corrected chi connectivity index (χ4v) is 3.11. The standard InChI is InChI=1S/C17H27FN2/c1-2-3-11-17(19,14-20-12-5-4-6-13-20)15-7-9-16(18)10-8-15/h7-10H,2-6,11-14,19H2,1H3. The van der Waals surface area contributed by atoms with E-state index in [9.17, 15) is 4.39 Å². The second-order valence-corrected chi connectivity index (χ2v) is 6.10. The van der Waals surface area contributed by atoms with Crippen LogP contribution in [0.4, 0.5) is 4.39 Å². The minimum absolute atomic E-state index is 0.190. The molecule has 1 saturated heterocycles. The van der Waals surface area contributed by atoms with Crippen molar-refractivity contribution in [1.29, 1.82) is 0 Å². The van der Waals surface area contributed by atoms with Gasteiger partial charge in [-0.1, -0.05) is 38.3 Å². The van der Waals surface area contributed by atoms with E-state index in [2.05, 4.69) is 11.8 Å². The topological polar surface area (TPSA) is 29.3 Å². The van der Waals surface area contributed by atoms with Crippen LogP contribution in [0.5, 0.6) is 0 Å². The van der Waals surface area contributed by atoms with Crippen molar-refractivity contribution in [3.63, 3.8) is 0 Å². The molecule has 1 heterocycles. The van der Waals surface area contributed by atoms with Gasteiger partial charge in [-0.05, 0) is 50.0 Å². The minimum Gasteiger partial charge on any atom is -0.320 e. The van der Waals surface area contributed by atoms with Crippen LogP contribution in [-0.4, -0.2) is 24.5 Å². The third kappa shape index (κ3) is 4.03. The molecule has 1 aliphatic heterocycles. The molecule has 0 radical (unpaired) electrons. The third-order valence-corrected chi connectivity index (χ3v) is 4.35. The minimum atomic E-state index is -0.346. The molecule has 1 aromatic carbocycles. The first-order valence-corrected chi connectivity index (χ1v) is 7.91. The Kier molecular flexibility index (Phi) is 5.55. The summed E-state index contributed by atoms with van der Waals surface area (Å²) in [6, 6.07) is 6.77. The summed E-state index contributed by atoms with van der Waals surface area (Å²) in [5.41, 5.74) is 7.44. The molecule has 20 heavy (non-hydrogen) atoms. The van der Waals surface area contributed by atoms with E-state index in [-0.39, 0.29) is 11.4 Å². The average Bonchev–Trinajstić information content (AvgIpc) is 2.47. The summed E-state index contributed by atoms with van der Waals surface area (Å²) in [6.07, 6.45) is 7.09. The van der Waals surface area contributed by atoms with Crippen LogP contribution in [-0.2, 0) is 5.54 Å². The maximum atomic E-state index is 13.1. The number of hydrogen-bond donors (Lipinski definition) is 1. The summed E-state index contributed by atoms with van der Waals surface area (Å²) in [5, 5.41) is 0. The van der Waals surface area contributed by atoms with Crippen molar-refractivity contribution >= 4 is 0 Å². The monoisotopic (exact) mass is 278 g/mol. The van der Waals surface area contributed by atoms with Crippen LogP contribution in [0, 0.1) is 5.82 Å². The lowest BCUT2D eigenvalue weighted by Crippen LogP contribution is -2.49. The fourth-order valence-electron chi connectivity index (χ4n) is 3.11. The molecule has 112 valence electrons. The Balaban J connectivity index is 2.12. The van der Waals surface area contributed by atoms with Gasteiger partial charge in [0.15, 0.2) is 0 Å². The number of piperidine rings is 1. The molecule has 2 N–H and O–H groups in total. The predicted octanol–water partition coefficient (Wildman–Crippen LogP) is 3.66. The lowest BCUT2D eigenvalue weighted by molar-refractivity contribution is 0.170. The molecule has 0 spiro atoms. The van der Waals surface area contributed by atoms with E-state index in [0.29, 0.717) is 0 Å². The Hall–Kier alpha value is -0.930. The van der Waals surface area contributed by atoms with Crippen LogP contribution in [0.1, 0.15) is 51.0 Å². The average molecular weight is 278 g/mol. The normalized spacial score (nSPS) is 19.8. The van der Waals surface area contributed by atoms with E-state index in [1.165, 1.54) is 31.4 Å². The Labute approximate surface area is 122 Å². The first-order chi connectivity index (χ1) is 9.64. The van der Waals surface area contributed by atoms with E-state index in [0.717, 1.165) is 44.5 Å². The van der Waals surface area contributed by atoms with E-state index < -0.39 is 0 Å². The highest BCUT2D eigenvalue weighted by Gasteiger charge is 2.29. The molecule has 2 rings (SSSR count).